The highest BCUT2D eigenvalue weighted by atomic mass is 16.4. The molecule has 0 heterocycles. The second-order valence-corrected chi connectivity index (χ2v) is 4.95. The highest BCUT2D eigenvalue weighted by Gasteiger charge is 2.31. The average Bonchev–Trinajstić information content (AvgIpc) is 2.36. The summed E-state index contributed by atoms with van der Waals surface area (Å²) in [5, 5.41) is 14.2. The molecular weight excluding hydrogens is 250 g/mol. The summed E-state index contributed by atoms with van der Waals surface area (Å²) >= 11 is 0. The molecule has 108 valence electrons. The van der Waals surface area contributed by atoms with E-state index in [1.807, 2.05) is 0 Å². The van der Waals surface area contributed by atoms with Crippen LogP contribution >= 0.6 is 0 Å². The van der Waals surface area contributed by atoms with Crippen molar-refractivity contribution in [3.8, 4) is 0 Å². The van der Waals surface area contributed by atoms with Gasteiger partial charge in [0.2, 0.25) is 5.91 Å². The number of aliphatic carboxylic acids is 1. The Morgan fingerprint density at radius 2 is 1.84 bits per heavy atom. The molecule has 1 rings (SSSR count). The lowest BCUT2D eigenvalue weighted by molar-refractivity contribution is -0.143. The lowest BCUT2D eigenvalue weighted by Crippen LogP contribution is -2.50. The van der Waals surface area contributed by atoms with Gasteiger partial charge in [0, 0.05) is 20.1 Å². The maximum Gasteiger partial charge on any atom is 0.315 e. The quantitative estimate of drug-likeness (QED) is 0.671. The fraction of sp³-hybridized carbons (Fsp3) is 0.750. The minimum absolute atomic E-state index is 0.0940. The summed E-state index contributed by atoms with van der Waals surface area (Å²) in [6.07, 6.45) is 3.02. The fourth-order valence-electron chi connectivity index (χ4n) is 2.13. The van der Waals surface area contributed by atoms with Crippen LogP contribution in [0.5, 0.6) is 0 Å². The second-order valence-electron chi connectivity index (χ2n) is 4.95. The van der Waals surface area contributed by atoms with E-state index in [1.165, 1.54) is 4.90 Å². The van der Waals surface area contributed by atoms with Gasteiger partial charge >= 0.3 is 12.0 Å². The highest BCUT2D eigenvalue weighted by molar-refractivity contribution is 5.84. The molecule has 0 bridgehead atoms. The summed E-state index contributed by atoms with van der Waals surface area (Å²) < 4.78 is 0. The summed E-state index contributed by atoms with van der Waals surface area (Å²) in [4.78, 5) is 35.4. The molecule has 0 aliphatic heterocycles. The van der Waals surface area contributed by atoms with E-state index in [0.29, 0.717) is 12.8 Å². The van der Waals surface area contributed by atoms with E-state index in [-0.39, 0.29) is 18.5 Å². The van der Waals surface area contributed by atoms with Gasteiger partial charge in [-0.25, -0.2) is 4.79 Å². The zero-order valence-electron chi connectivity index (χ0n) is 11.3. The van der Waals surface area contributed by atoms with Crippen molar-refractivity contribution in [1.29, 1.82) is 0 Å². The van der Waals surface area contributed by atoms with Gasteiger partial charge in [0.05, 0.1) is 12.5 Å². The van der Waals surface area contributed by atoms with Gasteiger partial charge in [-0.3, -0.25) is 9.59 Å². The van der Waals surface area contributed by atoms with Crippen LogP contribution in [0, 0.1) is 5.92 Å². The first-order valence-electron chi connectivity index (χ1n) is 6.39. The SMILES string of the molecule is CN(C)C(=O)CNC(=O)NC1CCCCC1C(=O)O. The van der Waals surface area contributed by atoms with Crippen LogP contribution in [0.3, 0.4) is 0 Å². The van der Waals surface area contributed by atoms with Crippen molar-refractivity contribution in [3.05, 3.63) is 0 Å². The number of hydrogen-bond donors (Lipinski definition) is 3. The van der Waals surface area contributed by atoms with Crippen molar-refractivity contribution in [2.45, 2.75) is 31.7 Å². The molecule has 0 radical (unpaired) electrons. The molecule has 0 aromatic carbocycles. The Hall–Kier alpha value is -1.79. The maximum atomic E-state index is 11.6. The van der Waals surface area contributed by atoms with E-state index >= 15 is 0 Å². The van der Waals surface area contributed by atoms with Gasteiger partial charge < -0.3 is 20.6 Å². The molecule has 1 aliphatic carbocycles. The summed E-state index contributed by atoms with van der Waals surface area (Å²) in [5.41, 5.74) is 0. The molecule has 0 aromatic rings. The monoisotopic (exact) mass is 271 g/mol. The van der Waals surface area contributed by atoms with E-state index in [9.17, 15) is 14.4 Å². The van der Waals surface area contributed by atoms with Gasteiger partial charge in [-0.1, -0.05) is 12.8 Å². The minimum Gasteiger partial charge on any atom is -0.481 e. The van der Waals surface area contributed by atoms with Gasteiger partial charge in [0.25, 0.3) is 0 Å². The van der Waals surface area contributed by atoms with E-state index in [1.54, 1.807) is 14.1 Å². The van der Waals surface area contributed by atoms with Crippen LogP contribution in [0.15, 0.2) is 0 Å². The number of nitrogens with zero attached hydrogens (tertiary/aromatic N) is 1. The Morgan fingerprint density at radius 3 is 2.42 bits per heavy atom. The highest BCUT2D eigenvalue weighted by Crippen LogP contribution is 2.24. The predicted octanol–water partition coefficient (Wildman–Crippen LogP) is 0.0172. The third-order valence-electron chi connectivity index (χ3n) is 3.30. The Morgan fingerprint density at radius 1 is 1.21 bits per heavy atom. The summed E-state index contributed by atoms with van der Waals surface area (Å²) in [5.74, 6) is -1.63. The van der Waals surface area contributed by atoms with Crippen LogP contribution in [-0.2, 0) is 9.59 Å². The van der Waals surface area contributed by atoms with E-state index in [4.69, 9.17) is 5.11 Å². The van der Waals surface area contributed by atoms with Crippen LogP contribution in [0.2, 0.25) is 0 Å². The number of carboxylic acids is 1. The van der Waals surface area contributed by atoms with Gasteiger partial charge in [0.15, 0.2) is 0 Å². The molecular formula is C12H21N3O4. The molecule has 7 nitrogen and oxygen atoms in total. The topological polar surface area (TPSA) is 98.7 Å². The van der Waals surface area contributed by atoms with Crippen LogP contribution < -0.4 is 10.6 Å². The Bertz CT molecular complexity index is 357. The van der Waals surface area contributed by atoms with Crippen LogP contribution in [-0.4, -0.2) is 54.6 Å². The minimum atomic E-state index is -0.880. The number of carbonyl (C=O) groups is 3. The van der Waals surface area contributed by atoms with Crippen molar-refractivity contribution in [3.63, 3.8) is 0 Å². The Kier molecular flexibility index (Phi) is 5.59. The molecule has 0 aromatic heterocycles. The third kappa shape index (κ3) is 4.76. The molecule has 2 atom stereocenters. The lowest BCUT2D eigenvalue weighted by Gasteiger charge is -2.29. The third-order valence-corrected chi connectivity index (χ3v) is 3.30. The van der Waals surface area contributed by atoms with Gasteiger partial charge in [-0.15, -0.1) is 0 Å². The zero-order valence-corrected chi connectivity index (χ0v) is 11.3. The predicted molar refractivity (Wildman–Crippen MR) is 68.6 cm³/mol. The molecule has 1 fully saturated rings. The summed E-state index contributed by atoms with van der Waals surface area (Å²) in [7, 11) is 3.20. The van der Waals surface area contributed by atoms with E-state index in [0.717, 1.165) is 12.8 Å². The van der Waals surface area contributed by atoms with E-state index in [2.05, 4.69) is 10.6 Å². The van der Waals surface area contributed by atoms with Crippen molar-refractivity contribution in [2.24, 2.45) is 5.92 Å². The Balaban J connectivity index is 2.42. The van der Waals surface area contributed by atoms with Crippen molar-refractivity contribution >= 4 is 17.9 Å². The first-order valence-corrected chi connectivity index (χ1v) is 6.39. The van der Waals surface area contributed by atoms with Crippen LogP contribution in [0.25, 0.3) is 0 Å². The molecule has 3 amide bonds. The largest absolute Gasteiger partial charge is 0.481 e. The number of urea groups is 1. The van der Waals surface area contributed by atoms with Crippen LogP contribution in [0.4, 0.5) is 4.79 Å². The van der Waals surface area contributed by atoms with Gasteiger partial charge in [-0.05, 0) is 12.8 Å². The number of amides is 3. The second kappa shape index (κ2) is 6.96. The van der Waals surface area contributed by atoms with Crippen LogP contribution in [0.1, 0.15) is 25.7 Å². The molecule has 1 aliphatic rings. The first kappa shape index (κ1) is 15.3. The first-order chi connectivity index (χ1) is 8.91. The number of hydrogen-bond acceptors (Lipinski definition) is 3. The molecule has 1 saturated carbocycles. The summed E-state index contributed by atoms with van der Waals surface area (Å²) in [6, 6.07) is -0.853. The van der Waals surface area contributed by atoms with Crippen molar-refractivity contribution in [1.82, 2.24) is 15.5 Å². The molecule has 2 unspecified atom stereocenters. The smallest absolute Gasteiger partial charge is 0.315 e. The number of carbonyl (C=O) groups excluding carboxylic acids is 2. The molecule has 0 spiro atoms. The van der Waals surface area contributed by atoms with E-state index < -0.39 is 17.9 Å². The maximum absolute atomic E-state index is 11.6. The average molecular weight is 271 g/mol. The van der Waals surface area contributed by atoms with Crippen molar-refractivity contribution < 1.29 is 19.5 Å². The summed E-state index contributed by atoms with van der Waals surface area (Å²) in [6.45, 7) is -0.0940. The number of likely N-dealkylation sites (N-methyl/N-ethyl adjacent to an activating group) is 1. The molecule has 3 N–H and O–H groups in total. The number of rotatable bonds is 4. The number of nitrogens with one attached hydrogen (secondary N) is 2. The fourth-order valence-corrected chi connectivity index (χ4v) is 2.13. The number of carboxylic acid groups (broad SMARTS) is 1. The zero-order chi connectivity index (χ0) is 14.4. The molecule has 0 saturated heterocycles. The van der Waals surface area contributed by atoms with Crippen molar-refractivity contribution in [2.75, 3.05) is 20.6 Å². The Labute approximate surface area is 112 Å². The van der Waals surface area contributed by atoms with Gasteiger partial charge in [-0.2, -0.15) is 0 Å². The standard InChI is InChI=1S/C12H21N3O4/c1-15(2)10(16)7-13-12(19)14-9-6-4-3-5-8(9)11(17)18/h8-9H,3-7H2,1-2H3,(H,17,18)(H2,13,14,19). The lowest BCUT2D eigenvalue weighted by atomic mass is 9.84. The molecule has 7 heteroatoms. The van der Waals surface area contributed by atoms with Gasteiger partial charge in [0.1, 0.15) is 0 Å². The molecule has 19 heavy (non-hydrogen) atoms. The normalized spacial score (nSPS) is 22.4.